The summed E-state index contributed by atoms with van der Waals surface area (Å²) in [5.41, 5.74) is 0. The number of amides is 1. The van der Waals surface area contributed by atoms with Gasteiger partial charge in [0.1, 0.15) is 13.2 Å². The van der Waals surface area contributed by atoms with Crippen molar-refractivity contribution < 1.29 is 14.0 Å². The number of rotatable bonds is 8. The molecule has 0 aromatic heterocycles. The molecule has 0 heterocycles. The number of hydrogen-bond acceptors (Lipinski definition) is 2. The number of nitrogens with one attached hydrogen (secondary N) is 1. The van der Waals surface area contributed by atoms with Crippen LogP contribution in [0.2, 0.25) is 0 Å². The SMILES string of the molecule is CCCCCCNC(=O)OCC[N+](C)(C)C. The van der Waals surface area contributed by atoms with E-state index in [0.29, 0.717) is 6.61 Å². The molecule has 0 bridgehead atoms. The lowest BCUT2D eigenvalue weighted by molar-refractivity contribution is -0.870. The van der Waals surface area contributed by atoms with Gasteiger partial charge in [-0.2, -0.15) is 0 Å². The Balaban J connectivity index is 3.32. The fourth-order valence-electron chi connectivity index (χ4n) is 1.21. The number of unbranched alkanes of at least 4 members (excludes halogenated alkanes) is 3. The van der Waals surface area contributed by atoms with Crippen LogP contribution >= 0.6 is 0 Å². The standard InChI is InChI=1S/C12H26N2O2/c1-5-6-7-8-9-13-12(15)16-11-10-14(2,3)4/h5-11H2,1-4H3/p+1. The Kier molecular flexibility index (Phi) is 7.99. The van der Waals surface area contributed by atoms with Crippen LogP contribution in [0.15, 0.2) is 0 Å². The molecule has 0 spiro atoms. The predicted molar refractivity (Wildman–Crippen MR) is 66.4 cm³/mol. The van der Waals surface area contributed by atoms with E-state index >= 15 is 0 Å². The Morgan fingerprint density at radius 2 is 1.88 bits per heavy atom. The number of quaternary nitrogens is 1. The number of nitrogens with zero attached hydrogens (tertiary/aromatic N) is 1. The smallest absolute Gasteiger partial charge is 0.407 e. The highest BCUT2D eigenvalue weighted by Gasteiger charge is 2.08. The molecule has 0 unspecified atom stereocenters. The Bertz CT molecular complexity index is 188. The van der Waals surface area contributed by atoms with E-state index in [9.17, 15) is 4.79 Å². The van der Waals surface area contributed by atoms with Crippen LogP contribution in [0.1, 0.15) is 32.6 Å². The molecule has 0 atom stereocenters. The van der Waals surface area contributed by atoms with Crippen molar-refractivity contribution >= 4 is 6.09 Å². The van der Waals surface area contributed by atoms with Crippen LogP contribution in [-0.2, 0) is 4.74 Å². The first-order valence-corrected chi connectivity index (χ1v) is 6.17. The highest BCUT2D eigenvalue weighted by atomic mass is 16.5. The minimum atomic E-state index is -0.287. The van der Waals surface area contributed by atoms with Crippen LogP contribution < -0.4 is 5.32 Å². The third-order valence-electron chi connectivity index (χ3n) is 2.29. The van der Waals surface area contributed by atoms with Crippen LogP contribution in [0.4, 0.5) is 4.79 Å². The van der Waals surface area contributed by atoms with Crippen molar-refractivity contribution in [1.82, 2.24) is 5.32 Å². The second-order valence-electron chi connectivity index (χ2n) is 5.14. The van der Waals surface area contributed by atoms with E-state index in [2.05, 4.69) is 33.4 Å². The van der Waals surface area contributed by atoms with Crippen molar-refractivity contribution in [2.24, 2.45) is 0 Å². The Hall–Kier alpha value is -0.770. The zero-order chi connectivity index (χ0) is 12.4. The summed E-state index contributed by atoms with van der Waals surface area (Å²) in [6.07, 6.45) is 4.38. The summed E-state index contributed by atoms with van der Waals surface area (Å²) in [5.74, 6) is 0. The minimum absolute atomic E-state index is 0.287. The van der Waals surface area contributed by atoms with Crippen molar-refractivity contribution in [2.75, 3.05) is 40.8 Å². The summed E-state index contributed by atoms with van der Waals surface area (Å²) in [6, 6.07) is 0. The maximum Gasteiger partial charge on any atom is 0.407 e. The summed E-state index contributed by atoms with van der Waals surface area (Å²) in [7, 11) is 6.23. The molecule has 4 heteroatoms. The lowest BCUT2D eigenvalue weighted by atomic mass is 10.2. The average molecular weight is 231 g/mol. The van der Waals surface area contributed by atoms with Gasteiger partial charge in [0.2, 0.25) is 0 Å². The van der Waals surface area contributed by atoms with Crippen molar-refractivity contribution in [3.05, 3.63) is 0 Å². The van der Waals surface area contributed by atoms with Crippen molar-refractivity contribution in [3.63, 3.8) is 0 Å². The molecule has 0 aliphatic carbocycles. The molecule has 0 aliphatic rings. The zero-order valence-corrected chi connectivity index (χ0v) is 11.2. The molecule has 0 aromatic carbocycles. The third kappa shape index (κ3) is 11.3. The van der Waals surface area contributed by atoms with Crippen LogP contribution in [0.3, 0.4) is 0 Å². The van der Waals surface area contributed by atoms with Crippen LogP contribution in [0, 0.1) is 0 Å². The molecule has 0 rings (SSSR count). The molecular weight excluding hydrogens is 204 g/mol. The number of ether oxygens (including phenoxy) is 1. The largest absolute Gasteiger partial charge is 0.444 e. The van der Waals surface area contributed by atoms with E-state index in [1.165, 1.54) is 19.3 Å². The van der Waals surface area contributed by atoms with E-state index in [1.807, 2.05) is 0 Å². The van der Waals surface area contributed by atoms with Gasteiger partial charge in [0.25, 0.3) is 0 Å². The molecule has 0 aliphatic heterocycles. The lowest BCUT2D eigenvalue weighted by Gasteiger charge is -2.23. The number of likely N-dealkylation sites (N-methyl/N-ethyl adjacent to an activating group) is 1. The highest BCUT2D eigenvalue weighted by molar-refractivity contribution is 5.66. The second kappa shape index (κ2) is 8.39. The van der Waals surface area contributed by atoms with Gasteiger partial charge in [0.05, 0.1) is 21.1 Å². The monoisotopic (exact) mass is 231 g/mol. The van der Waals surface area contributed by atoms with Gasteiger partial charge in [-0.25, -0.2) is 4.79 Å². The predicted octanol–water partition coefficient (Wildman–Crippen LogP) is 2.00. The minimum Gasteiger partial charge on any atom is -0.444 e. The summed E-state index contributed by atoms with van der Waals surface area (Å²) < 4.78 is 5.87. The van der Waals surface area contributed by atoms with Crippen LogP contribution in [0.25, 0.3) is 0 Å². The van der Waals surface area contributed by atoms with Crippen molar-refractivity contribution in [1.29, 1.82) is 0 Å². The molecule has 1 amide bonds. The maximum absolute atomic E-state index is 11.2. The Morgan fingerprint density at radius 1 is 1.19 bits per heavy atom. The first-order valence-electron chi connectivity index (χ1n) is 6.17. The quantitative estimate of drug-likeness (QED) is 0.512. The molecule has 4 nitrogen and oxygen atoms in total. The number of carbonyl (C=O) groups excluding carboxylic acids is 1. The van der Waals surface area contributed by atoms with E-state index in [4.69, 9.17) is 4.74 Å². The number of carbonyl (C=O) groups is 1. The third-order valence-corrected chi connectivity index (χ3v) is 2.29. The molecule has 0 fully saturated rings. The van der Waals surface area contributed by atoms with Gasteiger partial charge in [-0.05, 0) is 6.42 Å². The Morgan fingerprint density at radius 3 is 2.44 bits per heavy atom. The van der Waals surface area contributed by atoms with Crippen molar-refractivity contribution in [2.45, 2.75) is 32.6 Å². The van der Waals surface area contributed by atoms with Gasteiger partial charge in [-0.3, -0.25) is 0 Å². The summed E-state index contributed by atoms with van der Waals surface area (Å²) in [6.45, 7) is 4.21. The zero-order valence-electron chi connectivity index (χ0n) is 11.2. The first kappa shape index (κ1) is 15.2. The fraction of sp³-hybridized carbons (Fsp3) is 0.917. The topological polar surface area (TPSA) is 38.3 Å². The summed E-state index contributed by atoms with van der Waals surface area (Å²) in [4.78, 5) is 11.2. The molecular formula is C12H27N2O2+. The summed E-state index contributed by atoms with van der Waals surface area (Å²) in [5, 5.41) is 2.76. The second-order valence-corrected chi connectivity index (χ2v) is 5.14. The lowest BCUT2D eigenvalue weighted by Crippen LogP contribution is -2.39. The first-order chi connectivity index (χ1) is 7.45. The molecule has 0 aromatic rings. The normalized spacial score (nSPS) is 11.2. The average Bonchev–Trinajstić information content (AvgIpc) is 2.15. The molecule has 1 N–H and O–H groups in total. The molecule has 16 heavy (non-hydrogen) atoms. The van der Waals surface area contributed by atoms with Gasteiger partial charge in [-0.15, -0.1) is 0 Å². The van der Waals surface area contributed by atoms with E-state index in [0.717, 1.165) is 24.0 Å². The fourth-order valence-corrected chi connectivity index (χ4v) is 1.21. The maximum atomic E-state index is 11.2. The summed E-state index contributed by atoms with van der Waals surface area (Å²) >= 11 is 0. The number of alkyl carbamates (subject to hydrolysis) is 1. The molecule has 96 valence electrons. The van der Waals surface area contributed by atoms with Gasteiger partial charge in [0.15, 0.2) is 0 Å². The van der Waals surface area contributed by atoms with E-state index < -0.39 is 0 Å². The van der Waals surface area contributed by atoms with Crippen LogP contribution in [-0.4, -0.2) is 51.4 Å². The van der Waals surface area contributed by atoms with Crippen LogP contribution in [0.5, 0.6) is 0 Å². The van der Waals surface area contributed by atoms with E-state index in [1.54, 1.807) is 0 Å². The van der Waals surface area contributed by atoms with E-state index in [-0.39, 0.29) is 6.09 Å². The van der Waals surface area contributed by atoms with Crippen molar-refractivity contribution in [3.8, 4) is 0 Å². The van der Waals surface area contributed by atoms with Gasteiger partial charge >= 0.3 is 6.09 Å². The highest BCUT2D eigenvalue weighted by Crippen LogP contribution is 1.97. The molecule has 0 saturated carbocycles. The molecule has 0 radical (unpaired) electrons. The Labute approximate surface area is 99.5 Å². The van der Waals surface area contributed by atoms with Gasteiger partial charge in [-0.1, -0.05) is 26.2 Å². The van der Waals surface area contributed by atoms with Gasteiger partial charge < -0.3 is 14.5 Å². The van der Waals surface area contributed by atoms with Gasteiger partial charge in [0, 0.05) is 6.54 Å². The number of hydrogen-bond donors (Lipinski definition) is 1. The molecule has 0 saturated heterocycles.